The molecule has 0 aliphatic carbocycles. The zero-order valence-corrected chi connectivity index (χ0v) is 31.0. The molecule has 3 heterocycles. The van der Waals surface area contributed by atoms with Crippen LogP contribution in [0.15, 0.2) is 208 Å². The average molecular weight is 733 g/mol. The summed E-state index contributed by atoms with van der Waals surface area (Å²) in [5.74, 6) is 0. The van der Waals surface area contributed by atoms with Gasteiger partial charge in [-0.15, -0.1) is 0 Å². The van der Waals surface area contributed by atoms with Crippen LogP contribution in [0.25, 0.3) is 82.5 Å². The van der Waals surface area contributed by atoms with E-state index >= 15 is 0 Å². The number of nitrogens with zero attached hydrogens (tertiary/aromatic N) is 2. The number of hydrogen-bond donors (Lipinski definition) is 0. The zero-order chi connectivity index (χ0) is 36.7. The van der Waals surface area contributed by atoms with Crippen molar-refractivity contribution >= 4 is 83.3 Å². The van der Waals surface area contributed by atoms with Gasteiger partial charge in [0.2, 0.25) is 0 Å². The van der Waals surface area contributed by atoms with Crippen LogP contribution in [0.4, 0.5) is 17.1 Å². The lowest BCUT2D eigenvalue weighted by Gasteiger charge is -2.26. The van der Waals surface area contributed by atoms with Gasteiger partial charge in [-0.05, 0) is 99.8 Å². The van der Waals surface area contributed by atoms with Gasteiger partial charge in [-0.2, -0.15) is 0 Å². The van der Waals surface area contributed by atoms with E-state index in [1.54, 1.807) is 0 Å². The van der Waals surface area contributed by atoms with E-state index in [1.165, 1.54) is 70.3 Å². The summed E-state index contributed by atoms with van der Waals surface area (Å²) in [6.45, 7) is 0. The van der Waals surface area contributed by atoms with E-state index in [2.05, 4.69) is 191 Å². The highest BCUT2D eigenvalue weighted by Crippen LogP contribution is 2.48. The molecule has 3 nitrogen and oxygen atoms in total. The third kappa shape index (κ3) is 4.79. The second-order valence-electron chi connectivity index (χ2n) is 14.5. The van der Waals surface area contributed by atoms with Crippen LogP contribution in [0, 0.1) is 0 Å². The first-order valence-corrected chi connectivity index (χ1v) is 19.8. The highest BCUT2D eigenvalue weighted by Gasteiger charge is 2.23. The Kier molecular flexibility index (Phi) is 6.86. The minimum absolute atomic E-state index is 0.873. The van der Waals surface area contributed by atoms with Crippen LogP contribution in [0.1, 0.15) is 0 Å². The first kappa shape index (κ1) is 31.4. The van der Waals surface area contributed by atoms with Crippen LogP contribution in [0.5, 0.6) is 0 Å². The fraction of sp³-hybridized carbons (Fsp3) is 0. The summed E-state index contributed by atoms with van der Waals surface area (Å²) in [7, 11) is 0. The molecular formula is C52H32N2OS. The third-order valence-electron chi connectivity index (χ3n) is 11.4. The maximum atomic E-state index is 6.39. The summed E-state index contributed by atoms with van der Waals surface area (Å²) in [6.07, 6.45) is 0. The number of rotatable bonds is 5. The second kappa shape index (κ2) is 12.3. The summed E-state index contributed by atoms with van der Waals surface area (Å²) in [5.41, 5.74) is 13.5. The van der Waals surface area contributed by atoms with Gasteiger partial charge < -0.3 is 13.9 Å². The van der Waals surface area contributed by atoms with Crippen molar-refractivity contribution in [2.45, 2.75) is 9.79 Å². The summed E-state index contributed by atoms with van der Waals surface area (Å²) in [5, 5.41) is 7.34. The molecule has 0 bridgehead atoms. The van der Waals surface area contributed by atoms with Gasteiger partial charge in [0.05, 0.1) is 16.7 Å². The topological polar surface area (TPSA) is 21.3 Å². The van der Waals surface area contributed by atoms with Gasteiger partial charge in [-0.1, -0.05) is 133 Å². The normalized spacial score (nSPS) is 12.2. The van der Waals surface area contributed by atoms with Crippen LogP contribution in [0.3, 0.4) is 0 Å². The molecule has 0 saturated heterocycles. The molecule has 0 amide bonds. The second-order valence-corrected chi connectivity index (χ2v) is 15.6. The number of hydrogen-bond acceptors (Lipinski definition) is 3. The molecule has 0 N–H and O–H groups in total. The summed E-state index contributed by atoms with van der Waals surface area (Å²) in [6, 6.07) is 70.2. The van der Waals surface area contributed by atoms with Crippen LogP contribution in [0.2, 0.25) is 0 Å². The van der Waals surface area contributed by atoms with E-state index in [4.69, 9.17) is 4.42 Å². The van der Waals surface area contributed by atoms with Gasteiger partial charge in [0.1, 0.15) is 11.2 Å². The van der Waals surface area contributed by atoms with E-state index in [0.29, 0.717) is 0 Å². The third-order valence-corrected chi connectivity index (χ3v) is 12.5. The standard InChI is InChI=1S/C52H32N2OS/c1-2-11-40-34(9-1)10-7-14-41(40)35-21-26-38(27-22-35)53(39-28-29-44-43-13-4-6-17-48(43)55-49(44)32-39)37-24-19-33(20-25-37)36-23-30-50-47(31-36)54-46-16-5-3-12-42(46)45-15-8-18-51(56-50)52(45)54/h1-32H. The lowest BCUT2D eigenvalue weighted by molar-refractivity contribution is 0.669. The molecule has 0 fully saturated rings. The average Bonchev–Trinajstić information content (AvgIpc) is 3.81. The Morgan fingerprint density at radius 1 is 0.411 bits per heavy atom. The molecule has 11 aromatic rings. The fourth-order valence-corrected chi connectivity index (χ4v) is 9.84. The molecular weight excluding hydrogens is 701 g/mol. The lowest BCUT2D eigenvalue weighted by atomic mass is 9.98. The van der Waals surface area contributed by atoms with Crippen LogP contribution < -0.4 is 4.90 Å². The molecule has 1 aliphatic rings. The Labute approximate surface area is 327 Å². The number of benzene rings is 9. The van der Waals surface area contributed by atoms with Crippen LogP contribution in [-0.4, -0.2) is 4.57 Å². The molecule has 0 spiro atoms. The molecule has 0 atom stereocenters. The molecule has 0 saturated carbocycles. The van der Waals surface area contributed by atoms with E-state index in [-0.39, 0.29) is 0 Å². The summed E-state index contributed by atoms with van der Waals surface area (Å²) < 4.78 is 8.85. The molecule has 4 heteroatoms. The first-order chi connectivity index (χ1) is 27.7. The van der Waals surface area contributed by atoms with Crippen molar-refractivity contribution < 1.29 is 4.42 Å². The first-order valence-electron chi connectivity index (χ1n) is 19.0. The van der Waals surface area contributed by atoms with Crippen molar-refractivity contribution in [2.75, 3.05) is 4.90 Å². The van der Waals surface area contributed by atoms with Gasteiger partial charge in [-0.3, -0.25) is 0 Å². The molecule has 1 aliphatic heterocycles. The number of fused-ring (bicyclic) bond motifs is 9. The van der Waals surface area contributed by atoms with Crippen LogP contribution in [-0.2, 0) is 0 Å². The SMILES string of the molecule is c1ccc2c(-c3ccc(N(c4ccc(-c5ccc6c(c5)-n5c7ccccc7c7cccc(c75)S6)cc4)c4ccc5c(c4)oc4ccccc45)cc3)cccc2c1. The largest absolute Gasteiger partial charge is 0.456 e. The summed E-state index contributed by atoms with van der Waals surface area (Å²) in [4.78, 5) is 4.90. The Morgan fingerprint density at radius 2 is 1.05 bits per heavy atom. The predicted molar refractivity (Wildman–Crippen MR) is 235 cm³/mol. The Bertz CT molecular complexity index is 3330. The Morgan fingerprint density at radius 3 is 1.91 bits per heavy atom. The fourth-order valence-electron chi connectivity index (χ4n) is 8.77. The van der Waals surface area contributed by atoms with Gasteiger partial charge in [0.25, 0.3) is 0 Å². The predicted octanol–water partition coefficient (Wildman–Crippen LogP) is 15.1. The van der Waals surface area contributed by atoms with Crippen molar-refractivity contribution in [3.63, 3.8) is 0 Å². The molecule has 0 radical (unpaired) electrons. The zero-order valence-electron chi connectivity index (χ0n) is 30.2. The van der Waals surface area contributed by atoms with Crippen LogP contribution >= 0.6 is 11.8 Å². The Hall–Kier alpha value is -7.01. The van der Waals surface area contributed by atoms with Gasteiger partial charge in [-0.25, -0.2) is 0 Å². The minimum Gasteiger partial charge on any atom is -0.456 e. The van der Waals surface area contributed by atoms with Gasteiger partial charge in [0.15, 0.2) is 0 Å². The smallest absolute Gasteiger partial charge is 0.137 e. The monoisotopic (exact) mass is 732 g/mol. The van der Waals surface area contributed by atoms with Crippen molar-refractivity contribution in [1.29, 1.82) is 0 Å². The molecule has 56 heavy (non-hydrogen) atoms. The Balaban J connectivity index is 0.963. The van der Waals surface area contributed by atoms with E-state index < -0.39 is 0 Å². The van der Waals surface area contributed by atoms with Gasteiger partial charge >= 0.3 is 0 Å². The highest BCUT2D eigenvalue weighted by molar-refractivity contribution is 7.99. The van der Waals surface area contributed by atoms with Crippen molar-refractivity contribution in [2.24, 2.45) is 0 Å². The summed E-state index contributed by atoms with van der Waals surface area (Å²) >= 11 is 1.86. The molecule has 262 valence electrons. The lowest BCUT2D eigenvalue weighted by Crippen LogP contribution is -2.09. The maximum absolute atomic E-state index is 6.39. The molecule has 9 aromatic carbocycles. The molecule has 2 aromatic heterocycles. The van der Waals surface area contributed by atoms with E-state index in [9.17, 15) is 0 Å². The number of furan rings is 1. The highest BCUT2D eigenvalue weighted by atomic mass is 32.2. The van der Waals surface area contributed by atoms with E-state index in [1.807, 2.05) is 23.9 Å². The number of aromatic nitrogens is 1. The number of para-hydroxylation sites is 3. The van der Waals surface area contributed by atoms with Crippen molar-refractivity contribution in [3.8, 4) is 27.9 Å². The molecule has 0 unspecified atom stereocenters. The van der Waals surface area contributed by atoms with Crippen molar-refractivity contribution in [1.82, 2.24) is 4.57 Å². The number of anilines is 3. The van der Waals surface area contributed by atoms with E-state index in [0.717, 1.165) is 39.0 Å². The van der Waals surface area contributed by atoms with Crippen molar-refractivity contribution in [3.05, 3.63) is 194 Å². The van der Waals surface area contributed by atoms with Gasteiger partial charge in [0, 0.05) is 54.5 Å². The minimum atomic E-state index is 0.873. The molecule has 12 rings (SSSR count). The quantitative estimate of drug-likeness (QED) is 0.176. The maximum Gasteiger partial charge on any atom is 0.137 e.